The molecule has 1 aromatic rings. The number of hydrogen-bond donors (Lipinski definition) is 2. The molecular formula is C16H26N4O2. The Morgan fingerprint density at radius 1 is 1.45 bits per heavy atom. The smallest absolute Gasteiger partial charge is 0.317 e. The fourth-order valence-electron chi connectivity index (χ4n) is 2.64. The molecule has 122 valence electrons. The van der Waals surface area contributed by atoms with Gasteiger partial charge in [-0.05, 0) is 43.5 Å². The Morgan fingerprint density at radius 2 is 2.23 bits per heavy atom. The van der Waals surface area contributed by atoms with Gasteiger partial charge in [-0.15, -0.1) is 0 Å². The summed E-state index contributed by atoms with van der Waals surface area (Å²) in [7, 11) is 3.51. The predicted molar refractivity (Wildman–Crippen MR) is 85.4 cm³/mol. The highest BCUT2D eigenvalue weighted by Crippen LogP contribution is 2.12. The summed E-state index contributed by atoms with van der Waals surface area (Å²) in [5.74, 6) is 0.604. The first-order chi connectivity index (χ1) is 10.7. The van der Waals surface area contributed by atoms with Gasteiger partial charge in [-0.1, -0.05) is 6.07 Å². The van der Waals surface area contributed by atoms with Crippen LogP contribution in [0.3, 0.4) is 0 Å². The normalized spacial score (nSPS) is 15.5. The summed E-state index contributed by atoms with van der Waals surface area (Å²) in [6.45, 7) is 3.93. The number of carbonyl (C=O) groups is 1. The fourth-order valence-corrected chi connectivity index (χ4v) is 2.64. The first-order valence-corrected chi connectivity index (χ1v) is 7.81. The van der Waals surface area contributed by atoms with E-state index in [1.807, 2.05) is 19.2 Å². The van der Waals surface area contributed by atoms with Crippen molar-refractivity contribution in [3.8, 4) is 0 Å². The van der Waals surface area contributed by atoms with E-state index in [9.17, 15) is 4.79 Å². The Morgan fingerprint density at radius 3 is 2.86 bits per heavy atom. The molecule has 1 aromatic heterocycles. The lowest BCUT2D eigenvalue weighted by molar-refractivity contribution is 0.181. The zero-order chi connectivity index (χ0) is 15.8. The second kappa shape index (κ2) is 8.70. The zero-order valence-corrected chi connectivity index (χ0v) is 13.5. The van der Waals surface area contributed by atoms with Gasteiger partial charge in [0.25, 0.3) is 0 Å². The van der Waals surface area contributed by atoms with Crippen LogP contribution in [-0.2, 0) is 17.9 Å². The number of aromatic nitrogens is 1. The second-order valence-corrected chi connectivity index (χ2v) is 5.82. The van der Waals surface area contributed by atoms with Crippen LogP contribution < -0.4 is 10.6 Å². The van der Waals surface area contributed by atoms with Crippen LogP contribution in [0.4, 0.5) is 4.79 Å². The largest absolute Gasteiger partial charge is 0.378 e. The molecule has 0 spiro atoms. The first kappa shape index (κ1) is 16.7. The Balaban J connectivity index is 1.73. The van der Waals surface area contributed by atoms with Gasteiger partial charge in [-0.2, -0.15) is 0 Å². The SMILES string of the molecule is COCc1ccc(CNC(=O)N(C)CC2CCNCC2)cn1. The zero-order valence-electron chi connectivity index (χ0n) is 13.5. The lowest BCUT2D eigenvalue weighted by atomic mass is 9.98. The molecule has 1 fully saturated rings. The third-order valence-corrected chi connectivity index (χ3v) is 3.96. The lowest BCUT2D eigenvalue weighted by Crippen LogP contribution is -2.41. The van der Waals surface area contributed by atoms with Gasteiger partial charge in [0, 0.05) is 33.4 Å². The van der Waals surface area contributed by atoms with E-state index in [1.54, 1.807) is 18.2 Å². The molecule has 0 aliphatic carbocycles. The van der Waals surface area contributed by atoms with Crippen LogP contribution in [0.1, 0.15) is 24.1 Å². The van der Waals surface area contributed by atoms with Crippen LogP contribution in [0.25, 0.3) is 0 Å². The summed E-state index contributed by atoms with van der Waals surface area (Å²) in [4.78, 5) is 18.2. The average molecular weight is 306 g/mol. The molecule has 2 amide bonds. The van der Waals surface area contributed by atoms with E-state index in [1.165, 1.54) is 0 Å². The van der Waals surface area contributed by atoms with Gasteiger partial charge in [0.2, 0.25) is 0 Å². The molecule has 1 aliphatic heterocycles. The molecule has 6 nitrogen and oxygen atoms in total. The number of nitrogens with zero attached hydrogens (tertiary/aromatic N) is 2. The maximum Gasteiger partial charge on any atom is 0.317 e. The quantitative estimate of drug-likeness (QED) is 0.833. The molecular weight excluding hydrogens is 280 g/mol. The van der Waals surface area contributed by atoms with Gasteiger partial charge >= 0.3 is 6.03 Å². The molecule has 1 aliphatic rings. The molecule has 0 saturated carbocycles. The topological polar surface area (TPSA) is 66.5 Å². The maximum absolute atomic E-state index is 12.1. The minimum atomic E-state index is -0.0282. The van der Waals surface area contributed by atoms with Gasteiger partial charge in [-0.25, -0.2) is 4.79 Å². The summed E-state index contributed by atoms with van der Waals surface area (Å²) in [5, 5.41) is 6.28. The van der Waals surface area contributed by atoms with Crippen LogP contribution >= 0.6 is 0 Å². The van der Waals surface area contributed by atoms with Crippen molar-refractivity contribution in [1.29, 1.82) is 0 Å². The van der Waals surface area contributed by atoms with Crippen molar-refractivity contribution in [3.05, 3.63) is 29.6 Å². The summed E-state index contributed by atoms with van der Waals surface area (Å²) < 4.78 is 5.03. The third-order valence-electron chi connectivity index (χ3n) is 3.96. The van der Waals surface area contributed by atoms with Crippen molar-refractivity contribution in [2.45, 2.75) is 26.0 Å². The molecule has 2 heterocycles. The van der Waals surface area contributed by atoms with E-state index >= 15 is 0 Å². The van der Waals surface area contributed by atoms with E-state index in [4.69, 9.17) is 4.74 Å². The molecule has 0 unspecified atom stereocenters. The van der Waals surface area contributed by atoms with Gasteiger partial charge in [0.05, 0.1) is 12.3 Å². The number of rotatable bonds is 6. The highest BCUT2D eigenvalue weighted by Gasteiger charge is 2.17. The van der Waals surface area contributed by atoms with E-state index < -0.39 is 0 Å². The molecule has 2 rings (SSSR count). The van der Waals surface area contributed by atoms with E-state index in [-0.39, 0.29) is 6.03 Å². The van der Waals surface area contributed by atoms with Crippen LogP contribution in [0.2, 0.25) is 0 Å². The molecule has 0 atom stereocenters. The summed E-state index contributed by atoms with van der Waals surface area (Å²) in [6.07, 6.45) is 4.06. The van der Waals surface area contributed by atoms with Gasteiger partial charge < -0.3 is 20.3 Å². The Labute approximate surface area is 132 Å². The number of carbonyl (C=O) groups excluding carboxylic acids is 1. The maximum atomic E-state index is 12.1. The number of methoxy groups -OCH3 is 1. The highest BCUT2D eigenvalue weighted by atomic mass is 16.5. The summed E-state index contributed by atoms with van der Waals surface area (Å²) >= 11 is 0. The first-order valence-electron chi connectivity index (χ1n) is 7.81. The second-order valence-electron chi connectivity index (χ2n) is 5.82. The molecule has 0 aromatic carbocycles. The lowest BCUT2D eigenvalue weighted by Gasteiger charge is -2.27. The van der Waals surface area contributed by atoms with Crippen molar-refractivity contribution in [1.82, 2.24) is 20.5 Å². The number of nitrogens with one attached hydrogen (secondary N) is 2. The number of hydrogen-bond acceptors (Lipinski definition) is 4. The van der Waals surface area contributed by atoms with Crippen molar-refractivity contribution in [3.63, 3.8) is 0 Å². The number of ether oxygens (including phenoxy) is 1. The van der Waals surface area contributed by atoms with Crippen LogP contribution in [0.5, 0.6) is 0 Å². The minimum absolute atomic E-state index is 0.0282. The predicted octanol–water partition coefficient (Wildman–Crippen LogP) is 1.37. The molecule has 6 heteroatoms. The molecule has 22 heavy (non-hydrogen) atoms. The van der Waals surface area contributed by atoms with Crippen LogP contribution in [0.15, 0.2) is 18.3 Å². The van der Waals surface area contributed by atoms with Crippen LogP contribution in [0, 0.1) is 5.92 Å². The highest BCUT2D eigenvalue weighted by molar-refractivity contribution is 5.73. The van der Waals surface area contributed by atoms with Gasteiger partial charge in [0.1, 0.15) is 0 Å². The standard InChI is InChI=1S/C16H26N4O2/c1-20(11-13-5-7-17-8-6-13)16(21)19-10-14-3-4-15(12-22-2)18-9-14/h3-4,9,13,17H,5-8,10-12H2,1-2H3,(H,19,21). The van der Waals surface area contributed by atoms with E-state index in [2.05, 4.69) is 15.6 Å². The Bertz CT molecular complexity index is 458. The van der Waals surface area contributed by atoms with E-state index in [0.29, 0.717) is 19.1 Å². The molecule has 1 saturated heterocycles. The minimum Gasteiger partial charge on any atom is -0.378 e. The van der Waals surface area contributed by atoms with Crippen LogP contribution in [-0.4, -0.2) is 49.7 Å². The van der Waals surface area contributed by atoms with Gasteiger partial charge in [-0.3, -0.25) is 4.98 Å². The van der Waals surface area contributed by atoms with Crippen molar-refractivity contribution >= 4 is 6.03 Å². The summed E-state index contributed by atoms with van der Waals surface area (Å²) in [5.41, 5.74) is 1.88. The molecule has 0 bridgehead atoms. The molecule has 2 N–H and O–H groups in total. The number of piperidine rings is 1. The molecule has 0 radical (unpaired) electrons. The number of pyridine rings is 1. The Kier molecular flexibility index (Phi) is 6.61. The fraction of sp³-hybridized carbons (Fsp3) is 0.625. The van der Waals surface area contributed by atoms with Crippen molar-refractivity contribution in [2.75, 3.05) is 33.8 Å². The number of amides is 2. The third kappa shape index (κ3) is 5.27. The average Bonchev–Trinajstić information content (AvgIpc) is 2.55. The summed E-state index contributed by atoms with van der Waals surface area (Å²) in [6, 6.07) is 3.86. The van der Waals surface area contributed by atoms with E-state index in [0.717, 1.165) is 43.7 Å². The van der Waals surface area contributed by atoms with Crippen molar-refractivity contribution in [2.24, 2.45) is 5.92 Å². The van der Waals surface area contributed by atoms with Crippen molar-refractivity contribution < 1.29 is 9.53 Å². The monoisotopic (exact) mass is 306 g/mol. The van der Waals surface area contributed by atoms with Gasteiger partial charge in [0.15, 0.2) is 0 Å². The number of urea groups is 1. The Hall–Kier alpha value is -1.66.